The molecule has 0 aromatic rings. The van der Waals surface area contributed by atoms with E-state index < -0.39 is 5.41 Å². The molecular formula is C12H20N2O2S2. The molecule has 0 aliphatic carbocycles. The number of amides is 2. The third-order valence-corrected chi connectivity index (χ3v) is 4.54. The van der Waals surface area contributed by atoms with Crippen LogP contribution in [-0.2, 0) is 9.59 Å². The number of thioether (sulfide) groups is 1. The van der Waals surface area contributed by atoms with Crippen molar-refractivity contribution in [2.75, 3.05) is 11.5 Å². The van der Waals surface area contributed by atoms with E-state index in [9.17, 15) is 9.59 Å². The van der Waals surface area contributed by atoms with E-state index in [1.54, 1.807) is 11.8 Å². The number of carbonyl (C=O) groups is 2. The van der Waals surface area contributed by atoms with Crippen LogP contribution in [0.2, 0.25) is 0 Å². The van der Waals surface area contributed by atoms with Crippen molar-refractivity contribution in [1.29, 1.82) is 0 Å². The molecule has 0 aromatic carbocycles. The maximum Gasteiger partial charge on any atom is 0.242 e. The van der Waals surface area contributed by atoms with Crippen LogP contribution < -0.4 is 10.6 Å². The third kappa shape index (κ3) is 3.45. The Hall–Kier alpha value is -0.620. The molecule has 2 amide bonds. The molecule has 1 aliphatic rings. The zero-order valence-electron chi connectivity index (χ0n) is 11.0. The van der Waals surface area contributed by atoms with Gasteiger partial charge in [0.05, 0.1) is 0 Å². The first kappa shape index (κ1) is 15.4. The summed E-state index contributed by atoms with van der Waals surface area (Å²) >= 11 is 6.46. The number of thiocarbonyl (C=S) groups is 1. The lowest BCUT2D eigenvalue weighted by atomic mass is 9.84. The Morgan fingerprint density at radius 2 is 1.83 bits per heavy atom. The number of nitrogens with one attached hydrogen (secondary N) is 2. The lowest BCUT2D eigenvalue weighted by Gasteiger charge is -2.33. The zero-order valence-corrected chi connectivity index (χ0v) is 12.7. The standard InChI is InChI=1S/C12H20N2O2S2/c1-4-12(7-18-6-5-8(2)3)9(15)13-11(17)14-10(12)16/h8H,4-7H2,1-3H3,(H2,13,14,15,16,17). The molecule has 1 aliphatic heterocycles. The first-order chi connectivity index (χ1) is 8.42. The zero-order chi connectivity index (χ0) is 13.8. The van der Waals surface area contributed by atoms with Gasteiger partial charge in [0.15, 0.2) is 5.11 Å². The molecule has 0 unspecified atom stereocenters. The van der Waals surface area contributed by atoms with E-state index >= 15 is 0 Å². The highest BCUT2D eigenvalue weighted by atomic mass is 32.2. The summed E-state index contributed by atoms with van der Waals surface area (Å²) in [5, 5.41) is 5.21. The Balaban J connectivity index is 2.63. The van der Waals surface area contributed by atoms with Crippen LogP contribution in [0.5, 0.6) is 0 Å². The Morgan fingerprint density at radius 3 is 2.28 bits per heavy atom. The lowest BCUT2D eigenvalue weighted by molar-refractivity contribution is -0.142. The number of carbonyl (C=O) groups excluding carboxylic acids is 2. The van der Waals surface area contributed by atoms with Gasteiger partial charge in [-0.2, -0.15) is 11.8 Å². The molecule has 1 saturated heterocycles. The SMILES string of the molecule is CCC1(CSCCC(C)C)C(=O)NC(=S)NC1=O. The highest BCUT2D eigenvalue weighted by molar-refractivity contribution is 7.99. The summed E-state index contributed by atoms with van der Waals surface area (Å²) in [4.78, 5) is 24.0. The second kappa shape index (κ2) is 6.52. The van der Waals surface area contributed by atoms with E-state index in [2.05, 4.69) is 24.5 Å². The van der Waals surface area contributed by atoms with Gasteiger partial charge in [0.2, 0.25) is 11.8 Å². The molecule has 18 heavy (non-hydrogen) atoms. The third-order valence-electron chi connectivity index (χ3n) is 3.11. The average Bonchev–Trinajstić information content (AvgIpc) is 2.27. The van der Waals surface area contributed by atoms with Crippen LogP contribution in [0.4, 0.5) is 0 Å². The van der Waals surface area contributed by atoms with Crippen LogP contribution in [-0.4, -0.2) is 28.4 Å². The highest BCUT2D eigenvalue weighted by Gasteiger charge is 2.47. The molecule has 6 heteroatoms. The molecule has 0 radical (unpaired) electrons. The van der Waals surface area contributed by atoms with Gasteiger partial charge in [-0.3, -0.25) is 9.59 Å². The molecule has 102 valence electrons. The predicted octanol–water partition coefficient (Wildman–Crippen LogP) is 1.69. The molecule has 0 saturated carbocycles. The number of hydrogen-bond donors (Lipinski definition) is 2. The summed E-state index contributed by atoms with van der Waals surface area (Å²) in [5.74, 6) is 1.57. The predicted molar refractivity (Wildman–Crippen MR) is 78.4 cm³/mol. The lowest BCUT2D eigenvalue weighted by Crippen LogP contribution is -2.63. The molecule has 0 spiro atoms. The first-order valence-electron chi connectivity index (χ1n) is 6.17. The van der Waals surface area contributed by atoms with E-state index in [0.29, 0.717) is 18.1 Å². The van der Waals surface area contributed by atoms with Crippen LogP contribution in [0.15, 0.2) is 0 Å². The van der Waals surface area contributed by atoms with Crippen molar-refractivity contribution in [2.24, 2.45) is 11.3 Å². The largest absolute Gasteiger partial charge is 0.302 e. The fourth-order valence-electron chi connectivity index (χ4n) is 1.70. The van der Waals surface area contributed by atoms with E-state index in [1.807, 2.05) is 6.92 Å². The Labute approximate surface area is 118 Å². The Kier molecular flexibility index (Phi) is 5.59. The molecule has 0 bridgehead atoms. The maximum atomic E-state index is 12.0. The molecule has 2 N–H and O–H groups in total. The summed E-state index contributed by atoms with van der Waals surface area (Å²) in [5.41, 5.74) is -0.968. The summed E-state index contributed by atoms with van der Waals surface area (Å²) in [6.45, 7) is 6.18. The van der Waals surface area contributed by atoms with E-state index in [-0.39, 0.29) is 16.9 Å². The minimum absolute atomic E-state index is 0.112. The molecule has 0 atom stereocenters. The van der Waals surface area contributed by atoms with Gasteiger partial charge in [0.1, 0.15) is 5.41 Å². The van der Waals surface area contributed by atoms with Crippen molar-refractivity contribution in [3.05, 3.63) is 0 Å². The molecule has 1 rings (SSSR count). The minimum Gasteiger partial charge on any atom is -0.302 e. The van der Waals surface area contributed by atoms with E-state index in [4.69, 9.17) is 12.2 Å². The fourth-order valence-corrected chi connectivity index (χ4v) is 3.48. The topological polar surface area (TPSA) is 58.2 Å². The second-order valence-corrected chi connectivity index (χ2v) is 6.42. The highest BCUT2D eigenvalue weighted by Crippen LogP contribution is 2.30. The number of hydrogen-bond acceptors (Lipinski definition) is 4. The van der Waals surface area contributed by atoms with Gasteiger partial charge in [0, 0.05) is 5.75 Å². The summed E-state index contributed by atoms with van der Waals surface area (Å²) in [6.07, 6.45) is 1.58. The Bertz CT molecular complexity index is 336. The van der Waals surface area contributed by atoms with Gasteiger partial charge in [-0.15, -0.1) is 0 Å². The van der Waals surface area contributed by atoms with Crippen LogP contribution in [0.25, 0.3) is 0 Å². The van der Waals surface area contributed by atoms with Gasteiger partial charge < -0.3 is 10.6 Å². The van der Waals surface area contributed by atoms with Crippen LogP contribution in [0.1, 0.15) is 33.6 Å². The summed E-state index contributed by atoms with van der Waals surface area (Å²) < 4.78 is 0. The minimum atomic E-state index is -0.968. The average molecular weight is 288 g/mol. The van der Waals surface area contributed by atoms with Crippen LogP contribution >= 0.6 is 24.0 Å². The van der Waals surface area contributed by atoms with Gasteiger partial charge in [-0.1, -0.05) is 20.8 Å². The molecular weight excluding hydrogens is 268 g/mol. The van der Waals surface area contributed by atoms with Crippen molar-refractivity contribution in [2.45, 2.75) is 33.6 Å². The van der Waals surface area contributed by atoms with Gasteiger partial charge in [-0.25, -0.2) is 0 Å². The molecule has 1 heterocycles. The van der Waals surface area contributed by atoms with Crippen LogP contribution in [0, 0.1) is 11.3 Å². The fraction of sp³-hybridized carbons (Fsp3) is 0.750. The van der Waals surface area contributed by atoms with Crippen molar-refractivity contribution < 1.29 is 9.59 Å². The smallest absolute Gasteiger partial charge is 0.242 e. The van der Waals surface area contributed by atoms with Crippen molar-refractivity contribution >= 4 is 40.9 Å². The second-order valence-electron chi connectivity index (χ2n) is 4.91. The first-order valence-corrected chi connectivity index (χ1v) is 7.73. The molecule has 4 nitrogen and oxygen atoms in total. The van der Waals surface area contributed by atoms with E-state index in [0.717, 1.165) is 12.2 Å². The van der Waals surface area contributed by atoms with Crippen LogP contribution in [0.3, 0.4) is 0 Å². The molecule has 0 aromatic heterocycles. The van der Waals surface area contributed by atoms with Crippen molar-refractivity contribution in [1.82, 2.24) is 10.6 Å². The number of rotatable bonds is 6. The van der Waals surface area contributed by atoms with E-state index in [1.165, 1.54) is 0 Å². The van der Waals surface area contributed by atoms with Crippen molar-refractivity contribution in [3.8, 4) is 0 Å². The van der Waals surface area contributed by atoms with Gasteiger partial charge >= 0.3 is 0 Å². The monoisotopic (exact) mass is 288 g/mol. The quantitative estimate of drug-likeness (QED) is 0.444. The maximum absolute atomic E-state index is 12.0. The normalized spacial score (nSPS) is 18.8. The summed E-state index contributed by atoms with van der Waals surface area (Å²) in [6, 6.07) is 0. The summed E-state index contributed by atoms with van der Waals surface area (Å²) in [7, 11) is 0. The van der Waals surface area contributed by atoms with Gasteiger partial charge in [-0.05, 0) is 36.7 Å². The Morgan fingerprint density at radius 1 is 1.28 bits per heavy atom. The molecule has 1 fully saturated rings. The van der Waals surface area contributed by atoms with Crippen molar-refractivity contribution in [3.63, 3.8) is 0 Å². The van der Waals surface area contributed by atoms with Gasteiger partial charge in [0.25, 0.3) is 0 Å².